The van der Waals surface area contributed by atoms with E-state index < -0.39 is 5.60 Å². The Hall–Kier alpha value is -2.61. The van der Waals surface area contributed by atoms with E-state index in [1.807, 2.05) is 37.3 Å². The van der Waals surface area contributed by atoms with Gasteiger partial charge in [-0.05, 0) is 88.3 Å². The highest BCUT2D eigenvalue weighted by Gasteiger charge is 2.39. The number of carbonyl (C=O) groups is 1. The zero-order chi connectivity index (χ0) is 31.2. The molecule has 2 aromatic carbocycles. The van der Waals surface area contributed by atoms with Gasteiger partial charge in [0.05, 0.1) is 13.2 Å². The lowest BCUT2D eigenvalue weighted by Crippen LogP contribution is -2.63. The van der Waals surface area contributed by atoms with Gasteiger partial charge in [-0.15, -0.1) is 0 Å². The van der Waals surface area contributed by atoms with E-state index in [0.717, 1.165) is 58.7 Å². The highest BCUT2D eigenvalue weighted by molar-refractivity contribution is 5.94. The first-order valence-electron chi connectivity index (χ1n) is 15.5. The van der Waals surface area contributed by atoms with Crippen molar-refractivity contribution in [1.82, 2.24) is 9.80 Å². The SMILES string of the molecule is [2H]N(C(=O)CN1CCN(CC(C)(COc2cc(C)c(C)cc2OCC)OC)C(C)(C)C1)c1c(CC)cccc1C(C)C.[HH].[HH].[HH].[HH].[HH].[HH].[HH].[HH].[HH].[HH].[HH].[HH].[HH].[HH].[HH].[HH].[HH].[HH].[HH].[HH].[HH].[HH].[HH].[HH].[HH].[HH].[HH].[HH].[HH].[HH].[HH].[HH].[HH].[HH].[HH].[HH].[HH].[HH].[HH].[HH].[HH].[HH].[HH].[HH].[HH].[HH].[HH].[HH].[HH].[HH].[HH].[HH].[HH].[HH].[HH].[HH].[HH].[HH].[HH].[HH].[HH].[HH].[HH].[HH].[HH].[HH].[HH].[HH].[HH].[HH].[HH].[HH].[HH].[HH].[HH].[HH].[HH].[HH].[HH].[HH].[HH].[HH].[HH].[HH].[HH].[HH].[HH].[HH].[HH].[HH].[HH].[HH].[HH].[HH].[HH].[HH].[HH].[HH].[HH].[HH].[HH].[HH].[HH].[HH].[HH].[HH].[HH].[HH].[HH].[HH].[HH].[HH].[HH].[HH].[HH].[HH].[HH].[HH].[HH].[HH].[HH].[HH].[HH].[HH].[HH].[HH].[HH].[HH].[HH].[HH].[HH].[HH].[HH].[HH].[HH].[HH].[HH].[HH].[HH].[HH].[HH].[HH].[HH].[HH].[HH].[HH].[HH].[HH].[HH].[HH].[HH].[HH].[HH].[HH].[HH].[HH].[HH].[HH].[HH].[HH].[HH].[HH].[HH].[HH].[HH].[HH].[HH].[HH].[HH].[HH].[HH].[HH].[HH].[HH].[HH].[HH].[HH].[HH].[HH].[HH].[HH].[HH].[HH].[HH].[HH].[HH].[HH].[HH].[HH].[HH].[HH]. The van der Waals surface area contributed by atoms with E-state index in [-0.39, 0.29) is 296 Å². The van der Waals surface area contributed by atoms with E-state index in [1.165, 1.54) is 5.56 Å². The van der Waals surface area contributed by atoms with Gasteiger partial charge in [0.15, 0.2) is 12.9 Å². The zero-order valence-electron chi connectivity index (χ0n) is 28.1. The molecule has 0 aliphatic carbocycles. The molecule has 2 aromatic rings. The Morgan fingerprint density at radius 2 is 1.80 bits per heavy atom. The van der Waals surface area contributed by atoms with Crippen LogP contribution in [0.4, 0.5) is 5.69 Å². The second kappa shape index (κ2) is 14.0. The van der Waals surface area contributed by atoms with Gasteiger partial charge in [-0.25, -0.2) is 0 Å². The van der Waals surface area contributed by atoms with E-state index >= 15 is 0 Å². The van der Waals surface area contributed by atoms with Crippen molar-refractivity contribution >= 4 is 11.6 Å². The number of rotatable bonds is 13. The summed E-state index contributed by atoms with van der Waals surface area (Å²) in [6.07, 6.45) is 0.780. The van der Waals surface area contributed by atoms with Crippen molar-refractivity contribution in [2.45, 2.75) is 85.8 Å². The van der Waals surface area contributed by atoms with Gasteiger partial charge < -0.3 is 19.5 Å². The number of benzene rings is 2. The smallest absolute Gasteiger partial charge is 0.238 e. The van der Waals surface area contributed by atoms with E-state index in [1.54, 1.807) is 7.11 Å². The number of methoxy groups -OCH3 is 1. The molecule has 1 heterocycles. The first-order valence-corrected chi connectivity index (χ1v) is 15.1. The molecule has 1 amide bonds. The maximum absolute atomic E-state index is 13.4. The molecule has 0 bridgehead atoms. The van der Waals surface area contributed by atoms with Crippen molar-refractivity contribution in [1.29, 1.82) is 0 Å². The van der Waals surface area contributed by atoms with Gasteiger partial charge in [0.2, 0.25) is 5.91 Å². The normalized spacial score (nSPS) is 17.7. The fraction of sp³-hybridized carbons (Fsp3) is 0.618. The maximum atomic E-state index is 13.4. The molecule has 7 nitrogen and oxygen atoms in total. The molecule has 1 fully saturated rings. The van der Waals surface area contributed by atoms with Crippen molar-refractivity contribution in [3.05, 3.63) is 52.6 Å². The molecular formula is C34H435N3O4. The lowest BCUT2D eigenvalue weighted by atomic mass is 9.95. The summed E-state index contributed by atoms with van der Waals surface area (Å²) >= 11 is 0. The van der Waals surface area contributed by atoms with Gasteiger partial charge in [-0.2, -0.15) is 0 Å². The summed E-state index contributed by atoms with van der Waals surface area (Å²) in [5, 5.41) is 1.14. The van der Waals surface area contributed by atoms with Gasteiger partial charge in [0.25, 0.3) is 0 Å². The van der Waals surface area contributed by atoms with E-state index in [4.69, 9.17) is 15.6 Å². The fourth-order valence-corrected chi connectivity index (χ4v) is 5.52. The van der Waals surface area contributed by atoms with Crippen molar-refractivity contribution in [2.24, 2.45) is 0 Å². The number of hydrogen-bond donors (Lipinski definition) is 1. The van der Waals surface area contributed by atoms with Crippen LogP contribution in [-0.2, 0) is 16.0 Å². The summed E-state index contributed by atoms with van der Waals surface area (Å²) in [5.74, 6) is 1.52. The zero-order valence-corrected chi connectivity index (χ0v) is 27.1. The van der Waals surface area contributed by atoms with Crippen LogP contribution < -0.4 is 14.8 Å². The van der Waals surface area contributed by atoms with Crippen LogP contribution in [0.1, 0.15) is 349 Å². The Labute approximate surface area is 533 Å². The number of carbonyl (C=O) groups excluding carboxylic acids is 1. The number of para-hydroxylation sites is 1. The van der Waals surface area contributed by atoms with E-state index in [9.17, 15) is 4.79 Å². The highest BCUT2D eigenvalue weighted by atomic mass is 16.5. The molecule has 7 heteroatoms. The average Bonchev–Trinajstić information content (AvgIpc) is 2.94. The molecule has 1 unspecified atom stereocenters. The van der Waals surface area contributed by atoms with Gasteiger partial charge >= 0.3 is 0 Å². The summed E-state index contributed by atoms with van der Waals surface area (Å²) < 4.78 is 27.0. The molecule has 1 N–H and O–H groups in total. The first-order chi connectivity index (χ1) is 19.7. The van der Waals surface area contributed by atoms with Crippen LogP contribution in [0.25, 0.3) is 0 Å². The van der Waals surface area contributed by atoms with Gasteiger partial charge in [0, 0.05) is 317 Å². The number of nitrogens with one attached hydrogen (secondary N) is 1. The average molecular weight is 954 g/mol. The van der Waals surface area contributed by atoms with Gasteiger partial charge in [0.1, 0.15) is 12.2 Å². The number of amides is 1. The molecule has 1 aliphatic rings. The van der Waals surface area contributed by atoms with Crippen molar-refractivity contribution in [2.75, 3.05) is 58.4 Å². The lowest BCUT2D eigenvalue weighted by molar-refractivity contribution is -0.120. The minimum atomic E-state index is -0.549. The third kappa shape index (κ3) is 8.46. The molecule has 1 saturated heterocycles. The summed E-state index contributed by atoms with van der Waals surface area (Å²) in [6, 6.07) is 10.1. The summed E-state index contributed by atoms with van der Waals surface area (Å²) in [7, 11) is 1.73. The first kappa shape index (κ1) is 31.3. The standard InChI is InChI=1S/C34H53N3O4.191H2/c1-11-27-14-13-15-28(24(3)4)32(27)35-31(38)20-36-16-17-37(33(7,8)21-36)22-34(9,39-10)23-41-30-19-26(6)25(5)18-29(30)40-12-2;;;;;;;;;;;;;;;;;;;;;;;;;;;;;;;;;;;;;;;;;;;;;;;;;;;;;;;;;;;;;;;;;;;;;;;;;;;;;;;;;;;;;;;;;;;;;;;;;;;;;;;;;;;;;;;;;;;;;;;;;;;;;;;;;;;;;;;;;;;;;;;;;;;;;;;;;;;;;;;;;;;;;;;;;;;;;;;;;;;;;;;;;;;;;;;/h13-15,18-19,24H,11-12,16-17,20-23H2,1-10H3,(H,35,38);191*1H/i/hD. The fourth-order valence-electron chi connectivity index (χ4n) is 5.52. The summed E-state index contributed by atoms with van der Waals surface area (Å²) in [4.78, 5) is 18.0. The molecule has 3 rings (SSSR count). The summed E-state index contributed by atoms with van der Waals surface area (Å²) in [5.41, 5.74) is 4.39. The molecule has 0 aromatic heterocycles. The number of anilines is 1. The van der Waals surface area contributed by atoms with E-state index in [0.29, 0.717) is 26.3 Å². The molecule has 0 radical (unpaired) electrons. The number of ether oxygens (including phenoxy) is 3. The predicted octanol–water partition coefficient (Wildman–Crippen LogP) is 53.2. The van der Waals surface area contributed by atoms with E-state index in [2.05, 4.69) is 65.2 Å². The Bertz CT molecular complexity index is 1370. The molecule has 41 heavy (non-hydrogen) atoms. The molecule has 1 atom stereocenters. The Morgan fingerprint density at radius 1 is 1.15 bits per heavy atom. The predicted molar refractivity (Wildman–Crippen MR) is 572 cm³/mol. The molecule has 0 saturated carbocycles. The topological polar surface area (TPSA) is 63.3 Å². The number of hydrogen-bond acceptors (Lipinski definition) is 6. The van der Waals surface area contributed by atoms with Gasteiger partial charge in [-0.1, -0.05) is 39.0 Å². The second-order valence-corrected chi connectivity index (χ2v) is 12.6. The minimum absolute atomic E-state index is 0. The van der Waals surface area contributed by atoms with Crippen LogP contribution in [0.2, 0.25) is 1.41 Å². The highest BCUT2D eigenvalue weighted by Crippen LogP contribution is 2.33. The van der Waals surface area contributed by atoms with Crippen molar-refractivity contribution in [3.8, 4) is 11.5 Å². The lowest BCUT2D eigenvalue weighted by Gasteiger charge is -2.49. The monoisotopic (exact) mass is 953 g/mol. The molecule has 0 spiro atoms. The summed E-state index contributed by atoms with van der Waals surface area (Å²) in [6.45, 7) is 23.0. The van der Waals surface area contributed by atoms with Crippen LogP contribution in [0.15, 0.2) is 30.3 Å². The Kier molecular flexibility index (Phi) is 10.7. The largest absolute Gasteiger partial charge is 0.490 e. The molecule has 1 aliphatic heterocycles. The van der Waals surface area contributed by atoms with Crippen LogP contribution in [0.5, 0.6) is 11.5 Å². The Morgan fingerprint density at radius 3 is 2.37 bits per heavy atom. The third-order valence-corrected chi connectivity index (χ3v) is 8.31. The molecule has 610 valence electrons. The van der Waals surface area contributed by atoms with Crippen LogP contribution in [0, 0.1) is 13.8 Å². The third-order valence-electron chi connectivity index (χ3n) is 8.31. The second-order valence-electron chi connectivity index (χ2n) is 12.6. The van der Waals surface area contributed by atoms with Crippen LogP contribution >= 0.6 is 0 Å². The number of nitrogens with zero attached hydrogens (tertiary/aromatic N) is 2. The Balaban J connectivity index is -0.000000000542. The quantitative estimate of drug-likeness (QED) is 0.216. The molecular weight excluding hydrogens is 514 g/mol. The van der Waals surface area contributed by atoms with Crippen molar-refractivity contribution in [3.63, 3.8) is 0 Å². The number of piperazine rings is 1. The number of aryl methyl sites for hydroxylation is 3. The maximum Gasteiger partial charge on any atom is 0.238 e. The van der Waals surface area contributed by atoms with Crippen molar-refractivity contribution < 1.29 is 293 Å². The van der Waals surface area contributed by atoms with Crippen LogP contribution in [-0.4, -0.2) is 79.9 Å². The van der Waals surface area contributed by atoms with Crippen LogP contribution in [0.3, 0.4) is 0 Å². The van der Waals surface area contributed by atoms with Gasteiger partial charge in [-0.3, -0.25) is 14.6 Å². The minimum Gasteiger partial charge on any atom is -0.490 e.